The van der Waals surface area contributed by atoms with E-state index in [0.717, 1.165) is 0 Å². The first kappa shape index (κ1) is 42.1. The Bertz CT molecular complexity index is 1570. The number of fused-ring (bicyclic) bond motifs is 4. The molecule has 0 saturated carbocycles. The van der Waals surface area contributed by atoms with Crippen LogP contribution in [0.4, 0.5) is 0 Å². The van der Waals surface area contributed by atoms with Gasteiger partial charge in [0, 0.05) is 0 Å². The molecule has 0 saturated heterocycles. The molecule has 0 aliphatic rings. The van der Waals surface area contributed by atoms with E-state index < -0.39 is 0 Å². The van der Waals surface area contributed by atoms with Gasteiger partial charge in [0.15, 0.2) is 0 Å². The minimum atomic E-state index is 0. The Morgan fingerprint density at radius 1 is 0.348 bits per heavy atom. The third kappa shape index (κ3) is 16.3. The van der Waals surface area contributed by atoms with E-state index in [4.69, 9.17) is 0 Å². The van der Waals surface area contributed by atoms with Crippen LogP contribution < -0.4 is 24.8 Å². The van der Waals surface area contributed by atoms with Crippen molar-refractivity contribution in [2.75, 3.05) is 0 Å². The number of hydrogen-bond acceptors (Lipinski definition) is 0. The van der Waals surface area contributed by atoms with E-state index in [-0.39, 0.29) is 35.7 Å². The van der Waals surface area contributed by atoms with E-state index in [1.165, 1.54) is 43.1 Å². The summed E-state index contributed by atoms with van der Waals surface area (Å²) in [7, 11) is 0. The standard InChI is InChI=1S/4C9H7.2C2H6Si.2ClH.2Zr/c4*1-2-5-9-7-3-6-8(9)4-1;2*1-3-2;;;;/h4*1-7H;2*1-2H3;2*1H;;/q4*-1;;;;;2*+2/p-2. The van der Waals surface area contributed by atoms with Crippen LogP contribution in [0.15, 0.2) is 170 Å². The molecule has 8 rings (SSSR count). The van der Waals surface area contributed by atoms with Crippen LogP contribution in [-0.4, -0.2) is 10.9 Å². The average Bonchev–Trinajstić information content (AvgIpc) is 3.84. The molecule has 0 heterocycles. The largest absolute Gasteiger partial charge is 1.00 e. The zero-order valence-electron chi connectivity index (χ0n) is 26.9. The fraction of sp³-hybridized carbons (Fsp3) is 0.100. The van der Waals surface area contributed by atoms with E-state index in [2.05, 4.69) is 196 Å². The molecule has 0 amide bonds. The Balaban J connectivity index is 0.000000282. The molecule has 0 radical (unpaired) electrons. The Morgan fingerprint density at radius 3 is 0.696 bits per heavy atom. The number of rotatable bonds is 0. The third-order valence-electron chi connectivity index (χ3n) is 6.19. The van der Waals surface area contributed by atoms with Gasteiger partial charge >= 0.3 is 83.7 Å². The normalized spacial score (nSPS) is 9.22. The van der Waals surface area contributed by atoms with Crippen molar-refractivity contribution in [3.05, 3.63) is 170 Å². The summed E-state index contributed by atoms with van der Waals surface area (Å²) in [6, 6.07) is 58.7. The van der Waals surface area contributed by atoms with Crippen LogP contribution in [0.5, 0.6) is 0 Å². The SMILES string of the molecule is C[Si](C)=[Zr+2].C[Si](C)=[Zr+2].[Cl-].[Cl-].c1ccc2[cH-]ccc2c1.c1ccc2[cH-]ccc2c1.c1ccc2[cH-]ccc2c1.c1ccc2[cH-]ccc2c1. The molecule has 0 N–H and O–H groups in total. The molecule has 8 aromatic carbocycles. The molecule has 0 aliphatic carbocycles. The van der Waals surface area contributed by atoms with Gasteiger partial charge in [0.2, 0.25) is 0 Å². The summed E-state index contributed by atoms with van der Waals surface area (Å²) in [6.45, 7) is 9.23. The van der Waals surface area contributed by atoms with Crippen LogP contribution in [0, 0.1) is 0 Å². The molecule has 46 heavy (non-hydrogen) atoms. The van der Waals surface area contributed by atoms with E-state index >= 15 is 0 Å². The van der Waals surface area contributed by atoms with Crippen LogP contribution in [-0.2, 0) is 46.7 Å². The molecular formula is C40H40Cl2Si2Zr2-2. The van der Waals surface area contributed by atoms with E-state index in [1.807, 2.05) is 0 Å². The molecule has 0 aromatic heterocycles. The van der Waals surface area contributed by atoms with E-state index in [0.29, 0.717) is 0 Å². The summed E-state index contributed by atoms with van der Waals surface area (Å²) < 4.78 is 0. The van der Waals surface area contributed by atoms with Gasteiger partial charge in [-0.05, 0) is 0 Å². The van der Waals surface area contributed by atoms with Gasteiger partial charge in [-0.15, -0.1) is 119 Å². The van der Waals surface area contributed by atoms with Crippen LogP contribution >= 0.6 is 0 Å². The van der Waals surface area contributed by atoms with Crippen LogP contribution in [0.3, 0.4) is 0 Å². The second-order valence-electron chi connectivity index (χ2n) is 10.6. The zero-order chi connectivity index (χ0) is 31.6. The molecule has 0 atom stereocenters. The Labute approximate surface area is 318 Å². The first-order valence-corrected chi connectivity index (χ1v) is 27.2. The van der Waals surface area contributed by atoms with Crippen molar-refractivity contribution in [1.82, 2.24) is 0 Å². The van der Waals surface area contributed by atoms with Gasteiger partial charge in [0.1, 0.15) is 0 Å². The molecule has 0 spiro atoms. The van der Waals surface area contributed by atoms with Gasteiger partial charge < -0.3 is 24.8 Å². The Morgan fingerprint density at radius 2 is 0.522 bits per heavy atom. The van der Waals surface area contributed by atoms with Gasteiger partial charge in [-0.3, -0.25) is 0 Å². The first-order valence-electron chi connectivity index (χ1n) is 14.8. The summed E-state index contributed by atoms with van der Waals surface area (Å²) in [4.78, 5) is 0. The minimum absolute atomic E-state index is 0. The summed E-state index contributed by atoms with van der Waals surface area (Å²) in [6.07, 6.45) is 0. The van der Waals surface area contributed by atoms with Crippen molar-refractivity contribution in [2.45, 2.75) is 26.2 Å². The summed E-state index contributed by atoms with van der Waals surface area (Å²) in [5.41, 5.74) is 0.421. The van der Waals surface area contributed by atoms with Crippen molar-refractivity contribution < 1.29 is 71.5 Å². The van der Waals surface area contributed by atoms with E-state index in [9.17, 15) is 0 Å². The summed E-state index contributed by atoms with van der Waals surface area (Å²) >= 11 is 3.48. The molecule has 8 aromatic rings. The predicted molar refractivity (Wildman–Crippen MR) is 193 cm³/mol. The topological polar surface area (TPSA) is 0 Å². The minimum Gasteiger partial charge on any atom is -1.00 e. The maximum absolute atomic E-state index is 2.31. The third-order valence-corrected chi connectivity index (χ3v) is 6.19. The van der Waals surface area contributed by atoms with Gasteiger partial charge in [0.05, 0.1) is 0 Å². The first-order chi connectivity index (χ1) is 21.3. The Hall–Kier alpha value is -1.90. The fourth-order valence-corrected chi connectivity index (χ4v) is 4.28. The van der Waals surface area contributed by atoms with Crippen molar-refractivity contribution >= 4 is 54.0 Å². The van der Waals surface area contributed by atoms with Crippen LogP contribution in [0.1, 0.15) is 0 Å². The van der Waals surface area contributed by atoms with E-state index in [1.54, 1.807) is 46.7 Å². The van der Waals surface area contributed by atoms with Crippen molar-refractivity contribution in [3.8, 4) is 0 Å². The molecular weight excluding hydrogens is 790 g/mol. The number of hydrogen-bond donors (Lipinski definition) is 0. The maximum atomic E-state index is 2.31. The van der Waals surface area contributed by atoms with Crippen molar-refractivity contribution in [1.29, 1.82) is 0 Å². The fourth-order valence-electron chi connectivity index (χ4n) is 4.28. The maximum Gasteiger partial charge on any atom is -0.0809 e. The van der Waals surface area contributed by atoms with Gasteiger partial charge in [-0.2, -0.15) is 70.1 Å². The second kappa shape index (κ2) is 24.3. The summed E-state index contributed by atoms with van der Waals surface area (Å²) in [5.74, 6) is 0. The second-order valence-corrected chi connectivity index (χ2v) is 29.4. The number of halogens is 2. The molecule has 6 heteroatoms. The molecule has 0 nitrogen and oxygen atoms in total. The van der Waals surface area contributed by atoms with Gasteiger partial charge in [-0.1, -0.05) is 24.3 Å². The number of benzene rings is 4. The summed E-state index contributed by atoms with van der Waals surface area (Å²) in [5, 5.41) is 10.6. The smallest absolute Gasteiger partial charge is 0.0809 e. The average molecular weight is 830 g/mol. The molecule has 0 bridgehead atoms. The molecule has 0 aliphatic heterocycles. The zero-order valence-corrected chi connectivity index (χ0v) is 35.3. The monoisotopic (exact) mass is 826 g/mol. The molecule has 0 fully saturated rings. The Kier molecular flexibility index (Phi) is 22.2. The molecule has 0 unspecified atom stereocenters. The van der Waals surface area contributed by atoms with Crippen LogP contribution in [0.25, 0.3) is 43.1 Å². The quantitative estimate of drug-likeness (QED) is 0.134. The predicted octanol–water partition coefficient (Wildman–Crippen LogP) is 5.81. The molecule has 232 valence electrons. The van der Waals surface area contributed by atoms with Gasteiger partial charge in [0.25, 0.3) is 0 Å². The van der Waals surface area contributed by atoms with Crippen molar-refractivity contribution in [2.24, 2.45) is 0 Å². The van der Waals surface area contributed by atoms with Gasteiger partial charge in [-0.25, -0.2) is 0 Å². The van der Waals surface area contributed by atoms with Crippen molar-refractivity contribution in [3.63, 3.8) is 0 Å². The van der Waals surface area contributed by atoms with Crippen LogP contribution in [0.2, 0.25) is 26.2 Å².